The van der Waals surface area contributed by atoms with E-state index in [4.69, 9.17) is 4.42 Å². The van der Waals surface area contributed by atoms with Crippen molar-refractivity contribution < 1.29 is 9.21 Å². The second-order valence-electron chi connectivity index (χ2n) is 4.93. The molecule has 7 heteroatoms. The number of nitrogens with one attached hydrogen (secondary N) is 1. The summed E-state index contributed by atoms with van der Waals surface area (Å²) < 4.78 is 5.54. The number of thiophene rings is 1. The Morgan fingerprint density at radius 1 is 1.26 bits per heavy atom. The van der Waals surface area contributed by atoms with Crippen LogP contribution in [0.2, 0.25) is 0 Å². The molecule has 1 N–H and O–H groups in total. The van der Waals surface area contributed by atoms with Gasteiger partial charge in [-0.1, -0.05) is 30.0 Å². The molecular weight excluding hydrogens is 330 g/mol. The molecule has 0 aliphatic heterocycles. The maximum atomic E-state index is 12.1. The Labute approximate surface area is 142 Å². The number of nitrogens with zero attached hydrogens (tertiary/aromatic N) is 2. The van der Waals surface area contributed by atoms with E-state index in [1.54, 1.807) is 0 Å². The molecule has 1 amide bonds. The van der Waals surface area contributed by atoms with Crippen molar-refractivity contribution in [2.75, 3.05) is 11.1 Å². The number of hydrogen-bond acceptors (Lipinski definition) is 6. The zero-order valence-corrected chi connectivity index (χ0v) is 14.3. The lowest BCUT2D eigenvalue weighted by Gasteiger charge is -2.09. The van der Waals surface area contributed by atoms with Crippen LogP contribution in [0.1, 0.15) is 11.1 Å². The molecular formula is C16H15N3O2S2. The Kier molecular flexibility index (Phi) is 4.78. The molecule has 0 aliphatic carbocycles. The van der Waals surface area contributed by atoms with Gasteiger partial charge in [-0.15, -0.1) is 21.5 Å². The second-order valence-corrected chi connectivity index (χ2v) is 6.81. The van der Waals surface area contributed by atoms with E-state index in [9.17, 15) is 4.79 Å². The van der Waals surface area contributed by atoms with E-state index < -0.39 is 0 Å². The quantitative estimate of drug-likeness (QED) is 0.704. The maximum Gasteiger partial charge on any atom is 0.277 e. The van der Waals surface area contributed by atoms with E-state index in [1.807, 2.05) is 49.6 Å². The average Bonchev–Trinajstić information content (AvgIpc) is 3.20. The molecule has 0 fully saturated rings. The van der Waals surface area contributed by atoms with Crippen LogP contribution in [0.4, 0.5) is 5.69 Å². The molecule has 0 saturated carbocycles. The van der Waals surface area contributed by atoms with Crippen molar-refractivity contribution in [3.63, 3.8) is 0 Å². The highest BCUT2D eigenvalue weighted by Gasteiger charge is 2.12. The molecule has 0 radical (unpaired) electrons. The number of carbonyl (C=O) groups excluding carboxylic acids is 1. The lowest BCUT2D eigenvalue weighted by molar-refractivity contribution is -0.113. The van der Waals surface area contributed by atoms with Gasteiger partial charge in [0.15, 0.2) is 0 Å². The van der Waals surface area contributed by atoms with Crippen LogP contribution >= 0.6 is 23.1 Å². The molecule has 2 aromatic heterocycles. The van der Waals surface area contributed by atoms with E-state index in [0.717, 1.165) is 21.7 Å². The first-order chi connectivity index (χ1) is 11.1. The summed E-state index contributed by atoms with van der Waals surface area (Å²) in [7, 11) is 0. The van der Waals surface area contributed by atoms with Gasteiger partial charge >= 0.3 is 0 Å². The third-order valence-electron chi connectivity index (χ3n) is 3.34. The molecule has 118 valence electrons. The lowest BCUT2D eigenvalue weighted by Crippen LogP contribution is -2.15. The van der Waals surface area contributed by atoms with Gasteiger partial charge in [0, 0.05) is 5.69 Å². The van der Waals surface area contributed by atoms with Crippen LogP contribution in [-0.2, 0) is 4.79 Å². The number of carbonyl (C=O) groups is 1. The molecule has 3 rings (SSSR count). The normalized spacial score (nSPS) is 10.7. The highest BCUT2D eigenvalue weighted by molar-refractivity contribution is 7.99. The van der Waals surface area contributed by atoms with Gasteiger partial charge in [-0.2, -0.15) is 0 Å². The van der Waals surface area contributed by atoms with Gasteiger partial charge in [-0.05, 0) is 42.5 Å². The summed E-state index contributed by atoms with van der Waals surface area (Å²) in [5, 5.41) is 13.2. The summed E-state index contributed by atoms with van der Waals surface area (Å²) >= 11 is 2.76. The second kappa shape index (κ2) is 6.97. The number of rotatable bonds is 5. The van der Waals surface area contributed by atoms with Gasteiger partial charge in [0.2, 0.25) is 5.91 Å². The Morgan fingerprint density at radius 2 is 2.13 bits per heavy atom. The number of aryl methyl sites for hydroxylation is 1. The van der Waals surface area contributed by atoms with Crippen LogP contribution in [0.5, 0.6) is 0 Å². The molecule has 3 aromatic rings. The lowest BCUT2D eigenvalue weighted by atomic mass is 10.1. The van der Waals surface area contributed by atoms with E-state index in [-0.39, 0.29) is 11.7 Å². The molecule has 1 aromatic carbocycles. The molecule has 23 heavy (non-hydrogen) atoms. The van der Waals surface area contributed by atoms with Crippen molar-refractivity contribution in [3.8, 4) is 10.8 Å². The zero-order chi connectivity index (χ0) is 16.2. The first kappa shape index (κ1) is 15.8. The maximum absolute atomic E-state index is 12.1. The first-order valence-corrected chi connectivity index (χ1v) is 8.86. The molecule has 0 spiro atoms. The summed E-state index contributed by atoms with van der Waals surface area (Å²) in [6.45, 7) is 4.01. The van der Waals surface area contributed by atoms with E-state index in [1.165, 1.54) is 23.1 Å². The third-order valence-corrected chi connectivity index (χ3v) is 5.02. The van der Waals surface area contributed by atoms with Crippen molar-refractivity contribution in [1.82, 2.24) is 10.2 Å². The number of amides is 1. The highest BCUT2D eigenvalue weighted by atomic mass is 32.2. The minimum atomic E-state index is -0.0976. The van der Waals surface area contributed by atoms with Crippen LogP contribution in [0.3, 0.4) is 0 Å². The van der Waals surface area contributed by atoms with E-state index in [2.05, 4.69) is 15.5 Å². The summed E-state index contributed by atoms with van der Waals surface area (Å²) in [6.07, 6.45) is 0. The molecule has 2 heterocycles. The smallest absolute Gasteiger partial charge is 0.277 e. The van der Waals surface area contributed by atoms with Crippen LogP contribution in [0.25, 0.3) is 10.8 Å². The molecule has 0 aliphatic rings. The topological polar surface area (TPSA) is 68.0 Å². The van der Waals surface area contributed by atoms with Crippen molar-refractivity contribution in [3.05, 3.63) is 46.8 Å². The molecule has 0 atom stereocenters. The van der Waals surface area contributed by atoms with Gasteiger partial charge in [0.25, 0.3) is 11.1 Å². The summed E-state index contributed by atoms with van der Waals surface area (Å²) in [4.78, 5) is 13.0. The third kappa shape index (κ3) is 3.80. The summed E-state index contributed by atoms with van der Waals surface area (Å²) in [5.41, 5.74) is 3.05. The van der Waals surface area contributed by atoms with Gasteiger partial charge in [0.1, 0.15) is 0 Å². The van der Waals surface area contributed by atoms with Crippen LogP contribution in [-0.4, -0.2) is 21.9 Å². The monoisotopic (exact) mass is 345 g/mol. The number of anilines is 1. The fraction of sp³-hybridized carbons (Fsp3) is 0.188. The predicted molar refractivity (Wildman–Crippen MR) is 92.9 cm³/mol. The fourth-order valence-corrected chi connectivity index (χ4v) is 3.18. The zero-order valence-electron chi connectivity index (χ0n) is 12.7. The van der Waals surface area contributed by atoms with Crippen molar-refractivity contribution in [1.29, 1.82) is 0 Å². The molecule has 0 bridgehead atoms. The SMILES string of the molecule is Cc1cccc(NC(=O)CSc2nnc(-c3cccs3)o2)c1C. The minimum absolute atomic E-state index is 0.0976. The highest BCUT2D eigenvalue weighted by Crippen LogP contribution is 2.26. The average molecular weight is 345 g/mol. The molecule has 5 nitrogen and oxygen atoms in total. The van der Waals surface area contributed by atoms with Gasteiger partial charge in [-0.25, -0.2) is 0 Å². The Bertz CT molecular complexity index is 813. The van der Waals surface area contributed by atoms with Gasteiger partial charge in [0.05, 0.1) is 10.6 Å². The number of aromatic nitrogens is 2. The van der Waals surface area contributed by atoms with E-state index in [0.29, 0.717) is 11.1 Å². The van der Waals surface area contributed by atoms with Crippen molar-refractivity contribution in [2.45, 2.75) is 19.1 Å². The minimum Gasteiger partial charge on any atom is -0.410 e. The molecule has 0 unspecified atom stereocenters. The molecule has 0 saturated heterocycles. The standard InChI is InChI=1S/C16H15N3O2S2/c1-10-5-3-6-12(11(10)2)17-14(20)9-23-16-19-18-15(21-16)13-7-4-8-22-13/h3-8H,9H2,1-2H3,(H,17,20). The predicted octanol–water partition coefficient (Wildman–Crippen LogP) is 4.15. The van der Waals surface area contributed by atoms with Gasteiger partial charge in [-0.3, -0.25) is 4.79 Å². The number of hydrogen-bond donors (Lipinski definition) is 1. The first-order valence-electron chi connectivity index (χ1n) is 7.00. The number of thioether (sulfide) groups is 1. The number of benzene rings is 1. The Hall–Kier alpha value is -2.12. The largest absolute Gasteiger partial charge is 0.410 e. The van der Waals surface area contributed by atoms with Gasteiger partial charge < -0.3 is 9.73 Å². The van der Waals surface area contributed by atoms with E-state index >= 15 is 0 Å². The summed E-state index contributed by atoms with van der Waals surface area (Å²) in [6, 6.07) is 9.68. The Morgan fingerprint density at radius 3 is 2.91 bits per heavy atom. The Balaban J connectivity index is 1.58. The van der Waals surface area contributed by atoms with Crippen LogP contribution in [0, 0.1) is 13.8 Å². The van der Waals surface area contributed by atoms with Crippen LogP contribution in [0.15, 0.2) is 45.4 Å². The fourth-order valence-electron chi connectivity index (χ4n) is 1.97. The van der Waals surface area contributed by atoms with Crippen LogP contribution < -0.4 is 5.32 Å². The van der Waals surface area contributed by atoms with Crippen molar-refractivity contribution >= 4 is 34.7 Å². The van der Waals surface area contributed by atoms with Crippen molar-refractivity contribution in [2.24, 2.45) is 0 Å². The summed E-state index contributed by atoms with van der Waals surface area (Å²) in [5.74, 6) is 0.608.